The molecule has 0 radical (unpaired) electrons. The Kier molecular flexibility index (Phi) is 3.03. The van der Waals surface area contributed by atoms with Crippen molar-refractivity contribution in [1.29, 1.82) is 0 Å². The summed E-state index contributed by atoms with van der Waals surface area (Å²) in [4.78, 5) is 2.49. The molecule has 13 heavy (non-hydrogen) atoms. The van der Waals surface area contributed by atoms with E-state index in [0.29, 0.717) is 12.0 Å². The van der Waals surface area contributed by atoms with Crippen LogP contribution in [0.5, 0.6) is 0 Å². The summed E-state index contributed by atoms with van der Waals surface area (Å²) in [6, 6.07) is 0.506. The molecule has 1 N–H and O–H groups in total. The van der Waals surface area contributed by atoms with Crippen molar-refractivity contribution >= 4 is 0 Å². The third-order valence-electron chi connectivity index (χ3n) is 3.12. The van der Waals surface area contributed by atoms with Crippen molar-refractivity contribution in [2.75, 3.05) is 6.54 Å². The van der Waals surface area contributed by atoms with Crippen molar-refractivity contribution in [1.82, 2.24) is 4.90 Å². The Labute approximate surface area is 81.9 Å². The Morgan fingerprint density at radius 2 is 1.77 bits per heavy atom. The first-order valence-electron chi connectivity index (χ1n) is 5.27. The zero-order chi connectivity index (χ0) is 10.2. The summed E-state index contributed by atoms with van der Waals surface area (Å²) in [7, 11) is 0. The predicted molar refractivity (Wildman–Crippen MR) is 55.7 cm³/mol. The first-order chi connectivity index (χ1) is 5.82. The second-order valence-electron chi connectivity index (χ2n) is 5.45. The second-order valence-corrected chi connectivity index (χ2v) is 5.45. The fraction of sp³-hybridized carbons (Fsp3) is 1.00. The zero-order valence-corrected chi connectivity index (χ0v) is 9.54. The van der Waals surface area contributed by atoms with Crippen molar-refractivity contribution in [3.05, 3.63) is 0 Å². The summed E-state index contributed by atoms with van der Waals surface area (Å²) in [5.41, 5.74) is 0.230. The molecule has 1 rings (SSSR count). The quantitative estimate of drug-likeness (QED) is 0.623. The van der Waals surface area contributed by atoms with Crippen LogP contribution in [0.1, 0.15) is 41.0 Å². The highest BCUT2D eigenvalue weighted by Gasteiger charge is 2.35. The molecule has 3 unspecified atom stereocenters. The number of aliphatic hydroxyl groups excluding tert-OH is 1. The molecule has 0 amide bonds. The molecular formula is C11H23NO. The lowest BCUT2D eigenvalue weighted by molar-refractivity contribution is -0.0339. The van der Waals surface area contributed by atoms with E-state index in [4.69, 9.17) is 0 Å². The van der Waals surface area contributed by atoms with E-state index in [9.17, 15) is 5.11 Å². The van der Waals surface area contributed by atoms with Gasteiger partial charge in [-0.2, -0.15) is 0 Å². The Morgan fingerprint density at radius 3 is 2.23 bits per heavy atom. The Hall–Kier alpha value is -0.0800. The molecule has 0 aliphatic carbocycles. The van der Waals surface area contributed by atoms with Gasteiger partial charge in [0.15, 0.2) is 0 Å². The van der Waals surface area contributed by atoms with Crippen LogP contribution >= 0.6 is 0 Å². The van der Waals surface area contributed by atoms with Crippen molar-refractivity contribution in [2.24, 2.45) is 5.92 Å². The van der Waals surface area contributed by atoms with Crippen LogP contribution in [0.3, 0.4) is 0 Å². The molecule has 78 valence electrons. The van der Waals surface area contributed by atoms with Crippen molar-refractivity contribution in [3.63, 3.8) is 0 Å². The van der Waals surface area contributed by atoms with Crippen LogP contribution in [-0.4, -0.2) is 34.2 Å². The van der Waals surface area contributed by atoms with Gasteiger partial charge in [-0.05, 0) is 40.0 Å². The lowest BCUT2D eigenvalue weighted by atomic mass is 9.88. The van der Waals surface area contributed by atoms with E-state index < -0.39 is 0 Å². The fourth-order valence-electron chi connectivity index (χ4n) is 2.26. The van der Waals surface area contributed by atoms with Gasteiger partial charge < -0.3 is 5.11 Å². The van der Waals surface area contributed by atoms with Gasteiger partial charge in [-0.25, -0.2) is 0 Å². The molecule has 0 spiro atoms. The molecule has 1 saturated heterocycles. The van der Waals surface area contributed by atoms with E-state index in [0.717, 1.165) is 13.0 Å². The minimum atomic E-state index is -0.103. The lowest BCUT2D eigenvalue weighted by Gasteiger charge is -2.47. The van der Waals surface area contributed by atoms with E-state index in [2.05, 4.69) is 39.5 Å². The van der Waals surface area contributed by atoms with Crippen LogP contribution in [0.4, 0.5) is 0 Å². The maximum absolute atomic E-state index is 9.70. The van der Waals surface area contributed by atoms with Gasteiger partial charge in [0.2, 0.25) is 0 Å². The molecular weight excluding hydrogens is 162 g/mol. The average molecular weight is 185 g/mol. The summed E-state index contributed by atoms with van der Waals surface area (Å²) in [5, 5.41) is 9.70. The fourth-order valence-corrected chi connectivity index (χ4v) is 2.26. The standard InChI is InChI=1S/C11H23NO/c1-8-7-12(11(3,4)5)9(2)6-10(8)13/h8-10,13H,6-7H2,1-5H3. The topological polar surface area (TPSA) is 23.5 Å². The van der Waals surface area contributed by atoms with Gasteiger partial charge in [0, 0.05) is 18.1 Å². The molecule has 1 aliphatic heterocycles. The molecule has 1 fully saturated rings. The third kappa shape index (κ3) is 2.44. The monoisotopic (exact) mass is 185 g/mol. The van der Waals surface area contributed by atoms with Gasteiger partial charge in [0.25, 0.3) is 0 Å². The number of nitrogens with zero attached hydrogens (tertiary/aromatic N) is 1. The number of hydrogen-bond acceptors (Lipinski definition) is 2. The zero-order valence-electron chi connectivity index (χ0n) is 9.54. The van der Waals surface area contributed by atoms with E-state index in [-0.39, 0.29) is 11.6 Å². The second kappa shape index (κ2) is 3.58. The third-order valence-corrected chi connectivity index (χ3v) is 3.12. The Morgan fingerprint density at radius 1 is 1.23 bits per heavy atom. The van der Waals surface area contributed by atoms with Crippen LogP contribution in [0.2, 0.25) is 0 Å². The molecule has 3 atom stereocenters. The highest BCUT2D eigenvalue weighted by molar-refractivity contribution is 4.89. The number of piperidine rings is 1. The predicted octanol–water partition coefficient (Wildman–Crippen LogP) is 1.88. The summed E-state index contributed by atoms with van der Waals surface area (Å²) in [6.07, 6.45) is 0.812. The molecule has 2 heteroatoms. The van der Waals surface area contributed by atoms with Crippen LogP contribution in [0.25, 0.3) is 0 Å². The smallest absolute Gasteiger partial charge is 0.0592 e. The maximum atomic E-state index is 9.70. The molecule has 0 bridgehead atoms. The summed E-state index contributed by atoms with van der Waals surface area (Å²) in [5.74, 6) is 0.412. The number of hydrogen-bond donors (Lipinski definition) is 1. The highest BCUT2D eigenvalue weighted by Crippen LogP contribution is 2.28. The molecule has 0 aromatic rings. The van der Waals surface area contributed by atoms with Crippen molar-refractivity contribution in [2.45, 2.75) is 58.7 Å². The van der Waals surface area contributed by atoms with Crippen LogP contribution in [0.15, 0.2) is 0 Å². The van der Waals surface area contributed by atoms with Crippen LogP contribution in [0, 0.1) is 5.92 Å². The van der Waals surface area contributed by atoms with E-state index in [1.54, 1.807) is 0 Å². The van der Waals surface area contributed by atoms with Gasteiger partial charge in [0.05, 0.1) is 6.10 Å². The minimum absolute atomic E-state index is 0.103. The first kappa shape index (κ1) is 11.0. The largest absolute Gasteiger partial charge is 0.393 e. The van der Waals surface area contributed by atoms with Crippen molar-refractivity contribution < 1.29 is 5.11 Å². The van der Waals surface area contributed by atoms with E-state index in [1.165, 1.54) is 0 Å². The maximum Gasteiger partial charge on any atom is 0.0592 e. The van der Waals surface area contributed by atoms with Crippen LogP contribution in [-0.2, 0) is 0 Å². The highest BCUT2D eigenvalue weighted by atomic mass is 16.3. The van der Waals surface area contributed by atoms with Gasteiger partial charge in [0.1, 0.15) is 0 Å². The molecule has 1 heterocycles. The Bertz CT molecular complexity index is 173. The van der Waals surface area contributed by atoms with Gasteiger partial charge >= 0.3 is 0 Å². The van der Waals surface area contributed by atoms with Crippen LogP contribution < -0.4 is 0 Å². The molecule has 0 aromatic carbocycles. The number of aliphatic hydroxyl groups is 1. The minimum Gasteiger partial charge on any atom is -0.393 e. The molecule has 0 saturated carbocycles. The molecule has 2 nitrogen and oxygen atoms in total. The summed E-state index contributed by atoms with van der Waals surface area (Å²) < 4.78 is 0. The van der Waals surface area contributed by atoms with Gasteiger partial charge in [-0.15, -0.1) is 0 Å². The average Bonchev–Trinajstić information content (AvgIpc) is 1.94. The summed E-state index contributed by atoms with van der Waals surface area (Å²) in [6.45, 7) is 12.1. The van der Waals surface area contributed by atoms with Gasteiger partial charge in [-0.1, -0.05) is 6.92 Å². The number of rotatable bonds is 0. The Balaban J connectivity index is 2.67. The first-order valence-corrected chi connectivity index (χ1v) is 5.27. The molecule has 0 aromatic heterocycles. The van der Waals surface area contributed by atoms with E-state index in [1.807, 2.05) is 0 Å². The lowest BCUT2D eigenvalue weighted by Crippen LogP contribution is -2.55. The van der Waals surface area contributed by atoms with Gasteiger partial charge in [-0.3, -0.25) is 4.90 Å². The normalized spacial score (nSPS) is 37.8. The van der Waals surface area contributed by atoms with E-state index >= 15 is 0 Å². The van der Waals surface area contributed by atoms with Crippen molar-refractivity contribution in [3.8, 4) is 0 Å². The molecule has 1 aliphatic rings. The SMILES string of the molecule is CC1CN(C(C)(C)C)C(C)CC1O. The number of likely N-dealkylation sites (tertiary alicyclic amines) is 1. The summed E-state index contributed by atoms with van der Waals surface area (Å²) >= 11 is 0.